The number of hydrogen-bond donors (Lipinski definition) is 1. The fraction of sp³-hybridized carbons (Fsp3) is 0.600. The molecular formula is C15H25FN2. The van der Waals surface area contributed by atoms with E-state index in [1.54, 1.807) is 0 Å². The number of likely N-dealkylation sites (N-methyl/N-ethyl adjacent to an activating group) is 1. The molecule has 0 bridgehead atoms. The molecule has 1 rings (SSSR count). The third-order valence-corrected chi connectivity index (χ3v) is 3.07. The van der Waals surface area contributed by atoms with Gasteiger partial charge < -0.3 is 10.2 Å². The van der Waals surface area contributed by atoms with E-state index in [2.05, 4.69) is 31.1 Å². The zero-order valence-electron chi connectivity index (χ0n) is 11.7. The molecule has 0 amide bonds. The average molecular weight is 252 g/mol. The minimum absolute atomic E-state index is 0.169. The van der Waals surface area contributed by atoms with Gasteiger partial charge in [-0.15, -0.1) is 0 Å². The van der Waals surface area contributed by atoms with Crippen LogP contribution in [-0.2, 0) is 6.54 Å². The monoisotopic (exact) mass is 252 g/mol. The van der Waals surface area contributed by atoms with Gasteiger partial charge in [0.05, 0.1) is 0 Å². The lowest BCUT2D eigenvalue weighted by atomic mass is 10.1. The maximum absolute atomic E-state index is 12.8. The van der Waals surface area contributed by atoms with Gasteiger partial charge in [-0.05, 0) is 44.1 Å². The molecule has 1 N–H and O–H groups in total. The molecule has 0 fully saturated rings. The van der Waals surface area contributed by atoms with Gasteiger partial charge in [0, 0.05) is 19.1 Å². The Kier molecular flexibility index (Phi) is 6.91. The molecule has 0 aliphatic rings. The predicted octanol–water partition coefficient (Wildman–Crippen LogP) is 3.04. The Bertz CT molecular complexity index is 324. The van der Waals surface area contributed by atoms with E-state index in [1.165, 1.54) is 12.1 Å². The maximum Gasteiger partial charge on any atom is 0.123 e. The second-order valence-electron chi connectivity index (χ2n) is 4.88. The van der Waals surface area contributed by atoms with Gasteiger partial charge in [0.15, 0.2) is 0 Å². The fourth-order valence-electron chi connectivity index (χ4n) is 2.03. The number of benzene rings is 1. The summed E-state index contributed by atoms with van der Waals surface area (Å²) in [6.07, 6.45) is 2.30. The van der Waals surface area contributed by atoms with Crippen LogP contribution >= 0.6 is 0 Å². The van der Waals surface area contributed by atoms with E-state index in [0.29, 0.717) is 6.04 Å². The van der Waals surface area contributed by atoms with Crippen LogP contribution < -0.4 is 5.32 Å². The second-order valence-corrected chi connectivity index (χ2v) is 4.88. The molecule has 0 aliphatic heterocycles. The van der Waals surface area contributed by atoms with Gasteiger partial charge in [0.25, 0.3) is 0 Å². The van der Waals surface area contributed by atoms with Crippen molar-refractivity contribution in [2.75, 3.05) is 20.1 Å². The third kappa shape index (κ3) is 5.61. The van der Waals surface area contributed by atoms with Gasteiger partial charge in [-0.3, -0.25) is 0 Å². The van der Waals surface area contributed by atoms with E-state index < -0.39 is 0 Å². The van der Waals surface area contributed by atoms with Crippen molar-refractivity contribution in [3.05, 3.63) is 35.6 Å². The highest BCUT2D eigenvalue weighted by molar-refractivity contribution is 5.15. The molecule has 0 aliphatic carbocycles. The zero-order chi connectivity index (χ0) is 13.4. The lowest BCUT2D eigenvalue weighted by molar-refractivity contribution is 0.277. The number of halogens is 1. The average Bonchev–Trinajstić information content (AvgIpc) is 2.37. The molecule has 1 aromatic carbocycles. The molecule has 1 unspecified atom stereocenters. The summed E-state index contributed by atoms with van der Waals surface area (Å²) in [6, 6.07) is 7.29. The van der Waals surface area contributed by atoms with Crippen LogP contribution in [0.25, 0.3) is 0 Å². The predicted molar refractivity (Wildman–Crippen MR) is 75.1 cm³/mol. The first-order valence-electron chi connectivity index (χ1n) is 6.82. The lowest BCUT2D eigenvalue weighted by Crippen LogP contribution is -2.39. The highest BCUT2D eigenvalue weighted by atomic mass is 19.1. The first-order valence-corrected chi connectivity index (χ1v) is 6.82. The lowest BCUT2D eigenvalue weighted by Gasteiger charge is -2.24. The summed E-state index contributed by atoms with van der Waals surface area (Å²) in [6.45, 7) is 7.35. The van der Waals surface area contributed by atoms with Crippen molar-refractivity contribution in [2.45, 2.75) is 39.3 Å². The van der Waals surface area contributed by atoms with Crippen molar-refractivity contribution >= 4 is 0 Å². The summed E-state index contributed by atoms with van der Waals surface area (Å²) >= 11 is 0. The van der Waals surface area contributed by atoms with Gasteiger partial charge in [-0.25, -0.2) is 4.39 Å². The SMILES string of the molecule is CCCNC(CC)CN(C)Cc1ccc(F)cc1. The Morgan fingerprint density at radius 2 is 1.89 bits per heavy atom. The number of nitrogens with zero attached hydrogens (tertiary/aromatic N) is 1. The summed E-state index contributed by atoms with van der Waals surface area (Å²) in [5.41, 5.74) is 1.16. The molecule has 0 saturated carbocycles. The molecule has 18 heavy (non-hydrogen) atoms. The van der Waals surface area contributed by atoms with E-state index in [-0.39, 0.29) is 5.82 Å². The van der Waals surface area contributed by atoms with Crippen molar-refractivity contribution in [1.82, 2.24) is 10.2 Å². The van der Waals surface area contributed by atoms with Crippen LogP contribution in [0.4, 0.5) is 4.39 Å². The van der Waals surface area contributed by atoms with Crippen molar-refractivity contribution in [3.63, 3.8) is 0 Å². The molecule has 102 valence electrons. The van der Waals surface area contributed by atoms with E-state index in [0.717, 1.165) is 38.0 Å². The van der Waals surface area contributed by atoms with Crippen LogP contribution in [0.2, 0.25) is 0 Å². The smallest absolute Gasteiger partial charge is 0.123 e. The van der Waals surface area contributed by atoms with E-state index >= 15 is 0 Å². The quantitative estimate of drug-likeness (QED) is 0.765. The minimum atomic E-state index is -0.169. The normalized spacial score (nSPS) is 12.9. The van der Waals surface area contributed by atoms with Gasteiger partial charge in [-0.1, -0.05) is 26.0 Å². The standard InChI is InChI=1S/C15H25FN2/c1-4-10-17-15(5-2)12-18(3)11-13-6-8-14(16)9-7-13/h6-9,15,17H,4-5,10-12H2,1-3H3. The van der Waals surface area contributed by atoms with Gasteiger partial charge >= 0.3 is 0 Å². The summed E-state index contributed by atoms with van der Waals surface area (Å²) in [5.74, 6) is -0.169. The van der Waals surface area contributed by atoms with Crippen LogP contribution in [-0.4, -0.2) is 31.1 Å². The van der Waals surface area contributed by atoms with E-state index in [4.69, 9.17) is 0 Å². The van der Waals surface area contributed by atoms with Crippen LogP contribution in [0, 0.1) is 5.82 Å². The van der Waals surface area contributed by atoms with Crippen LogP contribution in [0.15, 0.2) is 24.3 Å². The molecule has 1 aromatic rings. The number of nitrogens with one attached hydrogen (secondary N) is 1. The molecule has 0 spiro atoms. The van der Waals surface area contributed by atoms with Gasteiger partial charge in [-0.2, -0.15) is 0 Å². The minimum Gasteiger partial charge on any atom is -0.313 e. The largest absolute Gasteiger partial charge is 0.313 e. The molecule has 0 heterocycles. The molecule has 0 radical (unpaired) electrons. The maximum atomic E-state index is 12.8. The number of hydrogen-bond acceptors (Lipinski definition) is 2. The van der Waals surface area contributed by atoms with Crippen LogP contribution in [0.1, 0.15) is 32.3 Å². The Hall–Kier alpha value is -0.930. The van der Waals surface area contributed by atoms with Gasteiger partial charge in [0.1, 0.15) is 5.82 Å². The summed E-state index contributed by atoms with van der Waals surface area (Å²) < 4.78 is 12.8. The Morgan fingerprint density at radius 3 is 2.44 bits per heavy atom. The molecular weight excluding hydrogens is 227 g/mol. The first kappa shape index (κ1) is 15.1. The Morgan fingerprint density at radius 1 is 1.22 bits per heavy atom. The topological polar surface area (TPSA) is 15.3 Å². The summed E-state index contributed by atoms with van der Waals surface area (Å²) in [5, 5.41) is 3.54. The van der Waals surface area contributed by atoms with Crippen molar-refractivity contribution in [3.8, 4) is 0 Å². The molecule has 0 aromatic heterocycles. The van der Waals surface area contributed by atoms with E-state index in [1.807, 2.05) is 12.1 Å². The fourth-order valence-corrected chi connectivity index (χ4v) is 2.03. The Balaban J connectivity index is 2.39. The van der Waals surface area contributed by atoms with E-state index in [9.17, 15) is 4.39 Å². The molecule has 1 atom stereocenters. The summed E-state index contributed by atoms with van der Waals surface area (Å²) in [4.78, 5) is 2.28. The Labute approximate surface area is 110 Å². The highest BCUT2D eigenvalue weighted by Crippen LogP contribution is 2.06. The molecule has 2 nitrogen and oxygen atoms in total. The number of rotatable bonds is 8. The van der Waals surface area contributed by atoms with Crippen molar-refractivity contribution in [2.24, 2.45) is 0 Å². The van der Waals surface area contributed by atoms with Crippen molar-refractivity contribution < 1.29 is 4.39 Å². The first-order chi connectivity index (χ1) is 8.65. The molecule has 3 heteroatoms. The summed E-state index contributed by atoms with van der Waals surface area (Å²) in [7, 11) is 2.11. The highest BCUT2D eigenvalue weighted by Gasteiger charge is 2.09. The van der Waals surface area contributed by atoms with Crippen LogP contribution in [0.5, 0.6) is 0 Å². The zero-order valence-corrected chi connectivity index (χ0v) is 11.7. The second kappa shape index (κ2) is 8.22. The molecule has 0 saturated heterocycles. The van der Waals surface area contributed by atoms with Crippen LogP contribution in [0.3, 0.4) is 0 Å². The van der Waals surface area contributed by atoms with Crippen molar-refractivity contribution in [1.29, 1.82) is 0 Å². The van der Waals surface area contributed by atoms with Gasteiger partial charge in [0.2, 0.25) is 0 Å². The third-order valence-electron chi connectivity index (χ3n) is 3.07.